The number of pyridine rings is 1. The number of rotatable bonds is 21. The van der Waals surface area contributed by atoms with E-state index in [9.17, 15) is 19.8 Å². The number of carbonyl (C=O) groups is 2. The van der Waals surface area contributed by atoms with Crippen molar-refractivity contribution in [3.8, 4) is 5.75 Å². The Kier molecular flexibility index (Phi) is 16.6. The first-order chi connectivity index (χ1) is 16.4. The lowest BCUT2D eigenvalue weighted by atomic mass is 10.2. The molecule has 0 bridgehead atoms. The molecule has 0 aromatic carbocycles. The number of aliphatic hydroxyl groups excluding tert-OH is 1. The van der Waals surface area contributed by atoms with E-state index in [1.807, 2.05) is 0 Å². The van der Waals surface area contributed by atoms with Crippen molar-refractivity contribution >= 4 is 11.9 Å². The third kappa shape index (κ3) is 14.7. The van der Waals surface area contributed by atoms with Gasteiger partial charge in [-0.2, -0.15) is 0 Å². The Bertz CT molecular complexity index is 689. The zero-order chi connectivity index (χ0) is 25.0. The first kappa shape index (κ1) is 29.7. The maximum atomic E-state index is 12.6. The van der Waals surface area contributed by atoms with Crippen molar-refractivity contribution in [2.45, 2.75) is 25.6 Å². The van der Waals surface area contributed by atoms with E-state index >= 15 is 0 Å². The molecule has 1 rings (SSSR count). The quantitative estimate of drug-likeness (QED) is 0.161. The zero-order valence-corrected chi connectivity index (χ0v) is 19.6. The summed E-state index contributed by atoms with van der Waals surface area (Å²) in [5, 5.41) is 27.2. The van der Waals surface area contributed by atoms with E-state index < -0.39 is 12.3 Å². The van der Waals surface area contributed by atoms with Crippen LogP contribution in [0.2, 0.25) is 0 Å². The first-order valence-electron chi connectivity index (χ1n) is 11.1. The van der Waals surface area contributed by atoms with Crippen LogP contribution in [0.3, 0.4) is 0 Å². The van der Waals surface area contributed by atoms with E-state index in [1.165, 1.54) is 17.2 Å². The van der Waals surface area contributed by atoms with Crippen LogP contribution in [0.4, 0.5) is 0 Å². The highest BCUT2D eigenvalue weighted by Gasteiger charge is 2.14. The van der Waals surface area contributed by atoms with Crippen LogP contribution in [0.25, 0.3) is 0 Å². The minimum Gasteiger partial charge on any atom is -0.492 e. The molecule has 194 valence electrons. The number of ether oxygens (including phenoxy) is 5. The molecule has 1 aromatic rings. The Balaban J connectivity index is 2.31. The molecule has 0 unspecified atom stereocenters. The largest absolute Gasteiger partial charge is 0.492 e. The number of amides is 1. The Morgan fingerprint density at radius 1 is 0.941 bits per heavy atom. The number of aliphatic carboxylic acids is 1. The van der Waals surface area contributed by atoms with Crippen LogP contribution in [0.15, 0.2) is 18.3 Å². The lowest BCUT2D eigenvalue weighted by molar-refractivity contribution is -0.138. The molecular formula is C22H36N2O10. The van der Waals surface area contributed by atoms with E-state index in [4.69, 9.17) is 28.8 Å². The average Bonchev–Trinajstić information content (AvgIpc) is 2.81. The number of nitrogens with zero attached hydrogens (tertiary/aromatic N) is 2. The number of carboxylic acid groups (broad SMARTS) is 1. The van der Waals surface area contributed by atoms with Gasteiger partial charge in [-0.05, 0) is 12.5 Å². The molecule has 0 aliphatic carbocycles. The Morgan fingerprint density at radius 2 is 1.59 bits per heavy atom. The van der Waals surface area contributed by atoms with Gasteiger partial charge >= 0.3 is 5.97 Å². The molecule has 0 aliphatic rings. The van der Waals surface area contributed by atoms with Crippen molar-refractivity contribution in [3.05, 3.63) is 24.0 Å². The van der Waals surface area contributed by atoms with Gasteiger partial charge in [-0.1, -0.05) is 0 Å². The molecule has 0 atom stereocenters. The van der Waals surface area contributed by atoms with E-state index in [2.05, 4.69) is 4.98 Å². The van der Waals surface area contributed by atoms with Gasteiger partial charge in [0.2, 0.25) is 5.91 Å². The minimum absolute atomic E-state index is 0.0459. The van der Waals surface area contributed by atoms with Crippen molar-refractivity contribution in [3.63, 3.8) is 0 Å². The summed E-state index contributed by atoms with van der Waals surface area (Å²) in [5.41, 5.74) is 0.0478. The molecule has 12 heteroatoms. The van der Waals surface area contributed by atoms with Crippen molar-refractivity contribution < 1.29 is 48.6 Å². The second kappa shape index (κ2) is 19.0. The van der Waals surface area contributed by atoms with Gasteiger partial charge in [-0.15, -0.1) is 0 Å². The molecule has 1 amide bonds. The second-order valence-corrected chi connectivity index (χ2v) is 7.10. The Labute approximate surface area is 199 Å². The number of methoxy groups -OCH3 is 1. The molecule has 0 saturated carbocycles. The number of carboxylic acids is 1. The van der Waals surface area contributed by atoms with Crippen LogP contribution < -0.4 is 4.74 Å². The van der Waals surface area contributed by atoms with Crippen LogP contribution in [0.1, 0.15) is 31.2 Å². The van der Waals surface area contributed by atoms with Gasteiger partial charge in [0, 0.05) is 32.3 Å². The maximum absolute atomic E-state index is 12.6. The molecular weight excluding hydrogens is 452 g/mol. The molecule has 0 fully saturated rings. The minimum atomic E-state index is -1.71. The standard InChI is InChI=1S/C22H36N2O10/c1-30-11-12-32-15-16-33-14-13-31-9-5-20(25)24(7-2-3-21(26)27)8-10-34-18-4-6-23-19(17-18)22(28)29/h4,6,17,22,28-29H,2-3,5,7-16H2,1H3,(H,26,27). The summed E-state index contributed by atoms with van der Waals surface area (Å²) in [6.07, 6.45) is 0.0876. The topological polar surface area (TPSA) is 157 Å². The molecule has 12 nitrogen and oxygen atoms in total. The summed E-state index contributed by atoms with van der Waals surface area (Å²) in [4.78, 5) is 28.7. The second-order valence-electron chi connectivity index (χ2n) is 7.10. The highest BCUT2D eigenvalue weighted by Crippen LogP contribution is 2.15. The van der Waals surface area contributed by atoms with Gasteiger partial charge in [0.15, 0.2) is 6.29 Å². The normalized spacial score (nSPS) is 11.1. The Hall–Kier alpha value is -2.35. The van der Waals surface area contributed by atoms with E-state index in [-0.39, 0.29) is 50.7 Å². The van der Waals surface area contributed by atoms with E-state index in [0.717, 1.165) is 0 Å². The van der Waals surface area contributed by atoms with E-state index in [0.29, 0.717) is 51.8 Å². The molecule has 0 radical (unpaired) electrons. The smallest absolute Gasteiger partial charge is 0.303 e. The summed E-state index contributed by atoms with van der Waals surface area (Å²) >= 11 is 0. The molecule has 0 aliphatic heterocycles. The number of aromatic nitrogens is 1. The van der Waals surface area contributed by atoms with Gasteiger partial charge in [0.1, 0.15) is 12.4 Å². The summed E-state index contributed by atoms with van der Waals surface area (Å²) in [6, 6.07) is 2.95. The SMILES string of the molecule is COCCOCCOCCOCCC(=O)N(CCCC(=O)O)CCOc1ccnc(C(O)O)c1. The lowest BCUT2D eigenvalue weighted by Crippen LogP contribution is -2.36. The fourth-order valence-corrected chi connectivity index (χ4v) is 2.72. The summed E-state index contributed by atoms with van der Waals surface area (Å²) in [5.74, 6) is -0.728. The highest BCUT2D eigenvalue weighted by molar-refractivity contribution is 5.76. The number of hydrogen-bond acceptors (Lipinski definition) is 10. The van der Waals surface area contributed by atoms with Gasteiger partial charge in [0.05, 0.1) is 64.9 Å². The monoisotopic (exact) mass is 488 g/mol. The summed E-state index contributed by atoms with van der Waals surface area (Å²) in [7, 11) is 1.61. The van der Waals surface area contributed by atoms with Gasteiger partial charge < -0.3 is 43.9 Å². The molecule has 3 N–H and O–H groups in total. The third-order valence-corrected chi connectivity index (χ3v) is 4.45. The maximum Gasteiger partial charge on any atom is 0.303 e. The predicted octanol–water partition coefficient (Wildman–Crippen LogP) is 0.223. The van der Waals surface area contributed by atoms with Gasteiger partial charge in [-0.25, -0.2) is 0 Å². The van der Waals surface area contributed by atoms with Crippen molar-refractivity contribution in [2.24, 2.45) is 0 Å². The number of aliphatic hydroxyl groups is 2. The molecule has 1 heterocycles. The third-order valence-electron chi connectivity index (χ3n) is 4.45. The van der Waals surface area contributed by atoms with Crippen LogP contribution in [0.5, 0.6) is 5.75 Å². The lowest BCUT2D eigenvalue weighted by Gasteiger charge is -2.23. The zero-order valence-electron chi connectivity index (χ0n) is 19.6. The van der Waals surface area contributed by atoms with Crippen LogP contribution in [-0.4, -0.2) is 110 Å². The van der Waals surface area contributed by atoms with Crippen molar-refractivity contribution in [1.82, 2.24) is 9.88 Å². The van der Waals surface area contributed by atoms with Crippen molar-refractivity contribution in [1.29, 1.82) is 0 Å². The molecule has 0 spiro atoms. The first-order valence-corrected chi connectivity index (χ1v) is 11.1. The van der Waals surface area contributed by atoms with Gasteiger partial charge in [-0.3, -0.25) is 14.6 Å². The fourth-order valence-electron chi connectivity index (χ4n) is 2.72. The number of carbonyl (C=O) groups excluding carboxylic acids is 1. The van der Waals surface area contributed by atoms with Crippen LogP contribution in [0, 0.1) is 0 Å². The molecule has 34 heavy (non-hydrogen) atoms. The summed E-state index contributed by atoms with van der Waals surface area (Å²) in [6.45, 7) is 3.56. The number of hydrogen-bond donors (Lipinski definition) is 3. The fraction of sp³-hybridized carbons (Fsp3) is 0.682. The summed E-state index contributed by atoms with van der Waals surface area (Å²) < 4.78 is 26.5. The van der Waals surface area contributed by atoms with Crippen molar-refractivity contribution in [2.75, 3.05) is 73.1 Å². The molecule has 1 aromatic heterocycles. The van der Waals surface area contributed by atoms with Crippen LogP contribution in [-0.2, 0) is 28.5 Å². The molecule has 0 saturated heterocycles. The van der Waals surface area contributed by atoms with Crippen LogP contribution >= 0.6 is 0 Å². The average molecular weight is 489 g/mol. The van der Waals surface area contributed by atoms with Gasteiger partial charge in [0.25, 0.3) is 0 Å². The predicted molar refractivity (Wildman–Crippen MR) is 119 cm³/mol. The Morgan fingerprint density at radius 3 is 2.21 bits per heavy atom. The van der Waals surface area contributed by atoms with E-state index in [1.54, 1.807) is 13.2 Å². The highest BCUT2D eigenvalue weighted by atomic mass is 16.6.